The van der Waals surface area contributed by atoms with Crippen molar-refractivity contribution in [2.45, 2.75) is 39.8 Å². The van der Waals surface area contributed by atoms with E-state index in [1.54, 1.807) is 0 Å². The van der Waals surface area contributed by atoms with Crippen LogP contribution in [0.4, 0.5) is 0 Å². The molecule has 3 unspecified atom stereocenters. The van der Waals surface area contributed by atoms with Gasteiger partial charge in [0.15, 0.2) is 5.90 Å². The monoisotopic (exact) mass is 141 g/mol. The van der Waals surface area contributed by atoms with E-state index in [-0.39, 0.29) is 0 Å². The number of hydrogen-bond donors (Lipinski definition) is 0. The number of rotatable bonds is 0. The summed E-state index contributed by atoms with van der Waals surface area (Å²) in [5.74, 6) is 1.38. The lowest BCUT2D eigenvalue weighted by Gasteiger charge is -2.29. The first-order valence-electron chi connectivity index (χ1n) is 3.82. The van der Waals surface area contributed by atoms with Gasteiger partial charge >= 0.3 is 0 Å². The molecule has 0 aliphatic carbocycles. The maximum Gasteiger partial charge on any atom is 0.180 e. The maximum absolute atomic E-state index is 5.42. The highest BCUT2D eigenvalue weighted by atomic mass is 16.5. The Kier molecular flexibility index (Phi) is 1.97. The van der Waals surface area contributed by atoms with Crippen molar-refractivity contribution in [2.24, 2.45) is 10.9 Å². The molecule has 1 aliphatic heterocycles. The minimum atomic E-state index is 0.326. The molecule has 0 fully saturated rings. The maximum atomic E-state index is 5.42. The van der Waals surface area contributed by atoms with Gasteiger partial charge in [-0.3, -0.25) is 4.99 Å². The van der Waals surface area contributed by atoms with Gasteiger partial charge in [0.05, 0.1) is 6.04 Å². The van der Waals surface area contributed by atoms with E-state index in [1.807, 2.05) is 6.92 Å². The summed E-state index contributed by atoms with van der Waals surface area (Å²) in [5, 5.41) is 0. The van der Waals surface area contributed by atoms with Crippen molar-refractivity contribution in [3.05, 3.63) is 0 Å². The quantitative estimate of drug-likeness (QED) is 0.504. The molecule has 3 atom stereocenters. The van der Waals surface area contributed by atoms with Gasteiger partial charge in [0.1, 0.15) is 6.10 Å². The Morgan fingerprint density at radius 2 is 1.90 bits per heavy atom. The lowest BCUT2D eigenvalue weighted by atomic mass is 9.97. The van der Waals surface area contributed by atoms with Crippen LogP contribution in [0.25, 0.3) is 0 Å². The van der Waals surface area contributed by atoms with Crippen molar-refractivity contribution in [1.29, 1.82) is 0 Å². The van der Waals surface area contributed by atoms with Gasteiger partial charge in [-0.1, -0.05) is 6.92 Å². The molecule has 0 amide bonds. The molecule has 0 N–H and O–H groups in total. The van der Waals surface area contributed by atoms with Crippen molar-refractivity contribution in [3.63, 3.8) is 0 Å². The smallest absolute Gasteiger partial charge is 0.180 e. The SMILES string of the molecule is CC1=NC(C)C(C)C(C)O1. The third-order valence-corrected chi connectivity index (χ3v) is 2.24. The zero-order chi connectivity index (χ0) is 7.72. The van der Waals surface area contributed by atoms with E-state index in [0.29, 0.717) is 18.1 Å². The average Bonchev–Trinajstić information content (AvgIpc) is 1.82. The van der Waals surface area contributed by atoms with Crippen LogP contribution >= 0.6 is 0 Å². The summed E-state index contributed by atoms with van der Waals surface area (Å²) in [7, 11) is 0. The molecular formula is C8H15NO. The first kappa shape index (κ1) is 7.58. The molecule has 1 heterocycles. The fourth-order valence-electron chi connectivity index (χ4n) is 1.20. The predicted molar refractivity (Wildman–Crippen MR) is 42.3 cm³/mol. The van der Waals surface area contributed by atoms with Gasteiger partial charge in [-0.05, 0) is 13.8 Å². The van der Waals surface area contributed by atoms with Crippen LogP contribution in [0.15, 0.2) is 4.99 Å². The van der Waals surface area contributed by atoms with Crippen LogP contribution in [-0.2, 0) is 4.74 Å². The molecule has 0 radical (unpaired) electrons. The summed E-state index contributed by atoms with van der Waals surface area (Å²) in [5.41, 5.74) is 0. The molecule has 1 aliphatic rings. The zero-order valence-corrected chi connectivity index (χ0v) is 7.09. The first-order chi connectivity index (χ1) is 4.61. The summed E-state index contributed by atoms with van der Waals surface area (Å²) < 4.78 is 5.42. The first-order valence-corrected chi connectivity index (χ1v) is 3.82. The van der Waals surface area contributed by atoms with Crippen LogP contribution in [0.3, 0.4) is 0 Å². The van der Waals surface area contributed by atoms with Crippen LogP contribution in [0.2, 0.25) is 0 Å². The Labute approximate surface area is 62.3 Å². The average molecular weight is 141 g/mol. The van der Waals surface area contributed by atoms with Gasteiger partial charge in [0.2, 0.25) is 0 Å². The Balaban J connectivity index is 2.69. The normalized spacial score (nSPS) is 40.4. The van der Waals surface area contributed by atoms with Crippen LogP contribution in [-0.4, -0.2) is 18.0 Å². The third kappa shape index (κ3) is 1.31. The highest BCUT2D eigenvalue weighted by Crippen LogP contribution is 2.19. The van der Waals surface area contributed by atoms with Gasteiger partial charge in [0, 0.05) is 12.8 Å². The van der Waals surface area contributed by atoms with Gasteiger partial charge in [0.25, 0.3) is 0 Å². The molecule has 58 valence electrons. The molecular weight excluding hydrogens is 126 g/mol. The second kappa shape index (κ2) is 2.60. The van der Waals surface area contributed by atoms with E-state index >= 15 is 0 Å². The molecule has 0 aromatic carbocycles. The second-order valence-electron chi connectivity index (χ2n) is 3.07. The van der Waals surface area contributed by atoms with Crippen molar-refractivity contribution >= 4 is 5.90 Å². The Morgan fingerprint density at radius 3 is 2.40 bits per heavy atom. The fraction of sp³-hybridized carbons (Fsp3) is 0.875. The molecule has 0 spiro atoms. The number of ether oxygens (including phenoxy) is 1. The minimum Gasteiger partial charge on any atom is -0.478 e. The van der Waals surface area contributed by atoms with Crippen LogP contribution < -0.4 is 0 Å². The Bertz CT molecular complexity index is 153. The Morgan fingerprint density at radius 1 is 1.30 bits per heavy atom. The second-order valence-corrected chi connectivity index (χ2v) is 3.07. The van der Waals surface area contributed by atoms with Crippen molar-refractivity contribution in [2.75, 3.05) is 0 Å². The summed E-state index contributed by atoms with van der Waals surface area (Å²) in [4.78, 5) is 4.31. The van der Waals surface area contributed by atoms with Crippen LogP contribution in [0.1, 0.15) is 27.7 Å². The summed E-state index contributed by atoms with van der Waals surface area (Å²) >= 11 is 0. The van der Waals surface area contributed by atoms with E-state index in [2.05, 4.69) is 25.8 Å². The molecule has 10 heavy (non-hydrogen) atoms. The summed E-state index contributed by atoms with van der Waals surface area (Å²) in [6.45, 7) is 8.32. The molecule has 2 nitrogen and oxygen atoms in total. The van der Waals surface area contributed by atoms with Gasteiger partial charge < -0.3 is 4.74 Å². The predicted octanol–water partition coefficient (Wildman–Crippen LogP) is 1.85. The molecule has 0 aromatic heterocycles. The van der Waals surface area contributed by atoms with Crippen LogP contribution in [0, 0.1) is 5.92 Å². The van der Waals surface area contributed by atoms with Gasteiger partial charge in [-0.15, -0.1) is 0 Å². The molecule has 0 aromatic rings. The molecule has 0 bridgehead atoms. The van der Waals surface area contributed by atoms with E-state index < -0.39 is 0 Å². The van der Waals surface area contributed by atoms with E-state index in [0.717, 1.165) is 5.90 Å². The highest BCUT2D eigenvalue weighted by molar-refractivity contribution is 5.74. The largest absolute Gasteiger partial charge is 0.478 e. The van der Waals surface area contributed by atoms with E-state index in [1.165, 1.54) is 0 Å². The molecule has 0 saturated carbocycles. The van der Waals surface area contributed by atoms with Crippen molar-refractivity contribution in [3.8, 4) is 0 Å². The Hall–Kier alpha value is -0.530. The number of hydrogen-bond acceptors (Lipinski definition) is 2. The molecule has 1 rings (SSSR count). The molecule has 2 heteroatoms. The molecule has 0 saturated heterocycles. The van der Waals surface area contributed by atoms with Gasteiger partial charge in [-0.25, -0.2) is 0 Å². The lowest BCUT2D eigenvalue weighted by molar-refractivity contribution is 0.114. The summed E-state index contributed by atoms with van der Waals surface area (Å²) in [6, 6.07) is 0.420. The van der Waals surface area contributed by atoms with Gasteiger partial charge in [-0.2, -0.15) is 0 Å². The lowest BCUT2D eigenvalue weighted by Crippen LogP contribution is -2.33. The standard InChI is InChI=1S/C8H15NO/c1-5-6(2)9-8(4)10-7(5)3/h5-7H,1-4H3. The fourth-order valence-corrected chi connectivity index (χ4v) is 1.20. The van der Waals surface area contributed by atoms with E-state index in [4.69, 9.17) is 4.74 Å². The zero-order valence-electron chi connectivity index (χ0n) is 7.09. The van der Waals surface area contributed by atoms with E-state index in [9.17, 15) is 0 Å². The topological polar surface area (TPSA) is 21.6 Å². The summed E-state index contributed by atoms with van der Waals surface area (Å²) in [6.07, 6.45) is 0.326. The number of nitrogens with zero attached hydrogens (tertiary/aromatic N) is 1. The highest BCUT2D eigenvalue weighted by Gasteiger charge is 2.24. The number of aliphatic imine (C=N–C) groups is 1. The minimum absolute atomic E-state index is 0.326. The van der Waals surface area contributed by atoms with Crippen molar-refractivity contribution < 1.29 is 4.74 Å². The van der Waals surface area contributed by atoms with Crippen LogP contribution in [0.5, 0.6) is 0 Å². The van der Waals surface area contributed by atoms with Crippen molar-refractivity contribution in [1.82, 2.24) is 0 Å². The third-order valence-electron chi connectivity index (χ3n) is 2.24.